The van der Waals surface area contributed by atoms with Crippen LogP contribution in [-0.4, -0.2) is 76.8 Å². The Kier molecular flexibility index (Phi) is 13.7. The molecule has 0 bridgehead atoms. The summed E-state index contributed by atoms with van der Waals surface area (Å²) in [5.41, 5.74) is 15.9. The number of amides is 5. The highest BCUT2D eigenvalue weighted by Gasteiger charge is 2.31. The van der Waals surface area contributed by atoms with Crippen molar-refractivity contribution in [1.82, 2.24) is 16.0 Å². The number of carbonyl (C=O) groups is 6. The molecule has 5 amide bonds. The molecule has 0 saturated carbocycles. The van der Waals surface area contributed by atoms with Gasteiger partial charge in [-0.05, 0) is 30.8 Å². The van der Waals surface area contributed by atoms with E-state index in [2.05, 4.69) is 16.0 Å². The van der Waals surface area contributed by atoms with Crippen molar-refractivity contribution >= 4 is 47.3 Å². The standard InChI is InChI=1S/C19H34N6O7S/c1-9(2)15(19(31)32)25-17(29)11(6-7-33-3)23-18(30)12(8-14(22)27)24-16(28)10(20)4-5-13(21)26/h9-12,15H,4-8,20H2,1-3H3,(H2,21,26)(H2,22,27)(H,23,30)(H,24,28)(H,25,29)(H,31,32). The lowest BCUT2D eigenvalue weighted by Crippen LogP contribution is -2.58. The molecule has 33 heavy (non-hydrogen) atoms. The number of hydrogen-bond donors (Lipinski definition) is 7. The maximum absolute atomic E-state index is 12.8. The fourth-order valence-corrected chi connectivity index (χ4v) is 3.13. The molecule has 0 saturated heterocycles. The Morgan fingerprint density at radius 3 is 1.85 bits per heavy atom. The third-order valence-corrected chi connectivity index (χ3v) is 5.19. The average molecular weight is 491 g/mol. The second-order valence-corrected chi connectivity index (χ2v) is 8.74. The number of carbonyl (C=O) groups excluding carboxylic acids is 5. The molecule has 0 aromatic heterocycles. The van der Waals surface area contributed by atoms with Crippen molar-refractivity contribution in [1.29, 1.82) is 0 Å². The van der Waals surface area contributed by atoms with Gasteiger partial charge in [0.1, 0.15) is 18.1 Å². The van der Waals surface area contributed by atoms with E-state index in [-0.39, 0.29) is 19.3 Å². The number of nitrogens with two attached hydrogens (primary N) is 3. The van der Waals surface area contributed by atoms with Gasteiger partial charge in [0.25, 0.3) is 0 Å². The quantitative estimate of drug-likeness (QED) is 0.120. The number of carboxylic acid groups (broad SMARTS) is 1. The van der Waals surface area contributed by atoms with Crippen molar-refractivity contribution in [2.24, 2.45) is 23.1 Å². The molecule has 188 valence electrons. The molecular weight excluding hydrogens is 456 g/mol. The maximum atomic E-state index is 12.8. The number of rotatable bonds is 16. The van der Waals surface area contributed by atoms with Gasteiger partial charge in [-0.2, -0.15) is 11.8 Å². The van der Waals surface area contributed by atoms with Gasteiger partial charge in [0.2, 0.25) is 29.5 Å². The summed E-state index contributed by atoms with van der Waals surface area (Å²) in [4.78, 5) is 71.4. The molecule has 4 atom stereocenters. The number of aliphatic carboxylic acids is 1. The predicted octanol–water partition coefficient (Wildman–Crippen LogP) is -2.60. The van der Waals surface area contributed by atoms with Crippen LogP contribution < -0.4 is 33.2 Å². The lowest BCUT2D eigenvalue weighted by molar-refractivity contribution is -0.143. The van der Waals surface area contributed by atoms with Gasteiger partial charge < -0.3 is 38.3 Å². The summed E-state index contributed by atoms with van der Waals surface area (Å²) in [6.45, 7) is 3.24. The van der Waals surface area contributed by atoms with Crippen molar-refractivity contribution in [2.75, 3.05) is 12.0 Å². The number of nitrogens with one attached hydrogen (secondary N) is 3. The van der Waals surface area contributed by atoms with Gasteiger partial charge in [0, 0.05) is 6.42 Å². The molecule has 0 rings (SSSR count). The molecule has 4 unspecified atom stereocenters. The van der Waals surface area contributed by atoms with Crippen molar-refractivity contribution in [3.8, 4) is 0 Å². The minimum absolute atomic E-state index is 0.0728. The van der Waals surface area contributed by atoms with E-state index in [0.29, 0.717) is 5.75 Å². The van der Waals surface area contributed by atoms with Crippen LogP contribution in [0, 0.1) is 5.92 Å². The number of primary amides is 2. The summed E-state index contributed by atoms with van der Waals surface area (Å²) in [7, 11) is 0. The minimum atomic E-state index is -1.43. The van der Waals surface area contributed by atoms with E-state index >= 15 is 0 Å². The maximum Gasteiger partial charge on any atom is 0.326 e. The zero-order chi connectivity index (χ0) is 25.7. The first kappa shape index (κ1) is 30.1. The predicted molar refractivity (Wildman–Crippen MR) is 121 cm³/mol. The van der Waals surface area contributed by atoms with E-state index in [1.807, 2.05) is 0 Å². The molecule has 0 aliphatic heterocycles. The Bertz CT molecular complexity index is 733. The van der Waals surface area contributed by atoms with Gasteiger partial charge in [-0.3, -0.25) is 24.0 Å². The van der Waals surface area contributed by atoms with Gasteiger partial charge in [-0.1, -0.05) is 13.8 Å². The van der Waals surface area contributed by atoms with E-state index in [0.717, 1.165) is 0 Å². The minimum Gasteiger partial charge on any atom is -0.480 e. The number of hydrogen-bond acceptors (Lipinski definition) is 8. The highest BCUT2D eigenvalue weighted by Crippen LogP contribution is 2.07. The van der Waals surface area contributed by atoms with Crippen LogP contribution in [0.5, 0.6) is 0 Å². The second kappa shape index (κ2) is 15.1. The fourth-order valence-electron chi connectivity index (χ4n) is 2.66. The molecular formula is C19H34N6O7S. The first-order chi connectivity index (χ1) is 15.3. The Balaban J connectivity index is 5.44. The van der Waals surface area contributed by atoms with Gasteiger partial charge in [-0.25, -0.2) is 4.79 Å². The van der Waals surface area contributed by atoms with Crippen molar-refractivity contribution < 1.29 is 33.9 Å². The van der Waals surface area contributed by atoms with Gasteiger partial charge in [0.05, 0.1) is 12.5 Å². The van der Waals surface area contributed by atoms with E-state index in [1.54, 1.807) is 20.1 Å². The molecule has 0 aromatic rings. The van der Waals surface area contributed by atoms with Gasteiger partial charge in [0.15, 0.2) is 0 Å². The second-order valence-electron chi connectivity index (χ2n) is 7.75. The van der Waals surface area contributed by atoms with E-state index < -0.39 is 72.0 Å². The summed E-state index contributed by atoms with van der Waals surface area (Å²) in [5, 5.41) is 16.4. The van der Waals surface area contributed by atoms with E-state index in [9.17, 15) is 33.9 Å². The SMILES string of the molecule is CSCCC(NC(=O)C(CC(N)=O)NC(=O)C(N)CCC(N)=O)C(=O)NC(C(=O)O)C(C)C. The highest BCUT2D eigenvalue weighted by molar-refractivity contribution is 7.98. The summed E-state index contributed by atoms with van der Waals surface area (Å²) in [6.07, 6.45) is 1.16. The van der Waals surface area contributed by atoms with Crippen molar-refractivity contribution in [3.63, 3.8) is 0 Å². The largest absolute Gasteiger partial charge is 0.480 e. The Hall–Kier alpha value is -2.87. The summed E-state index contributed by atoms with van der Waals surface area (Å²) >= 11 is 1.40. The molecule has 0 aromatic carbocycles. The molecule has 0 spiro atoms. The van der Waals surface area contributed by atoms with Crippen molar-refractivity contribution in [3.05, 3.63) is 0 Å². The van der Waals surface area contributed by atoms with Gasteiger partial charge >= 0.3 is 5.97 Å². The lowest BCUT2D eigenvalue weighted by atomic mass is 10.0. The normalized spacial score (nSPS) is 14.5. The van der Waals surface area contributed by atoms with Crippen LogP contribution in [0.3, 0.4) is 0 Å². The Labute approximate surface area is 196 Å². The molecule has 0 aliphatic rings. The Morgan fingerprint density at radius 2 is 1.39 bits per heavy atom. The molecule has 0 radical (unpaired) electrons. The first-order valence-electron chi connectivity index (χ1n) is 10.2. The van der Waals surface area contributed by atoms with Crippen LogP contribution in [0.1, 0.15) is 39.5 Å². The van der Waals surface area contributed by atoms with Crippen LogP contribution in [-0.2, 0) is 28.8 Å². The number of carboxylic acids is 1. The Morgan fingerprint density at radius 1 is 0.848 bits per heavy atom. The number of thioether (sulfide) groups is 1. The summed E-state index contributed by atoms with van der Waals surface area (Å²) < 4.78 is 0. The van der Waals surface area contributed by atoms with Crippen LogP contribution in [0.4, 0.5) is 0 Å². The monoisotopic (exact) mass is 490 g/mol. The summed E-state index contributed by atoms with van der Waals surface area (Å²) in [6, 6.07) is -4.89. The zero-order valence-corrected chi connectivity index (χ0v) is 19.8. The fraction of sp³-hybridized carbons (Fsp3) is 0.684. The van der Waals surface area contributed by atoms with Crippen LogP contribution >= 0.6 is 11.8 Å². The first-order valence-corrected chi connectivity index (χ1v) is 11.6. The molecule has 10 N–H and O–H groups in total. The third kappa shape index (κ3) is 12.1. The average Bonchev–Trinajstić information content (AvgIpc) is 2.71. The van der Waals surface area contributed by atoms with Crippen LogP contribution in [0.2, 0.25) is 0 Å². The van der Waals surface area contributed by atoms with E-state index in [1.165, 1.54) is 11.8 Å². The molecule has 14 heteroatoms. The highest BCUT2D eigenvalue weighted by atomic mass is 32.2. The lowest BCUT2D eigenvalue weighted by Gasteiger charge is -2.25. The van der Waals surface area contributed by atoms with Crippen LogP contribution in [0.15, 0.2) is 0 Å². The van der Waals surface area contributed by atoms with E-state index in [4.69, 9.17) is 17.2 Å². The van der Waals surface area contributed by atoms with Crippen molar-refractivity contribution in [2.45, 2.75) is 63.7 Å². The molecule has 0 aliphatic carbocycles. The summed E-state index contributed by atoms with van der Waals surface area (Å²) in [5.74, 6) is -5.13. The van der Waals surface area contributed by atoms with Gasteiger partial charge in [-0.15, -0.1) is 0 Å². The molecule has 0 heterocycles. The zero-order valence-electron chi connectivity index (χ0n) is 19.0. The smallest absolute Gasteiger partial charge is 0.326 e. The topological polar surface area (TPSA) is 237 Å². The molecule has 0 fully saturated rings. The third-order valence-electron chi connectivity index (χ3n) is 4.55. The van der Waals surface area contributed by atoms with Crippen LogP contribution in [0.25, 0.3) is 0 Å². The molecule has 13 nitrogen and oxygen atoms in total.